The first kappa shape index (κ1) is 47.8. The Hall–Kier alpha value is -4.34. The van der Waals surface area contributed by atoms with Gasteiger partial charge >= 0.3 is 27.2 Å². The number of hydrogen-bond donors (Lipinski definition) is 3. The Balaban J connectivity index is 0.00000123. The molecule has 2 aliphatic rings. The van der Waals surface area contributed by atoms with Gasteiger partial charge in [-0.15, -0.1) is 25.3 Å². The average Bonchev–Trinajstić information content (AvgIpc) is 3.42. The maximum Gasteiger partial charge on any atom is 0.425 e. The molecule has 1 atom stereocenters. The van der Waals surface area contributed by atoms with Crippen molar-refractivity contribution in [2.24, 2.45) is 0 Å². The number of fused-ring (bicyclic) bond motifs is 2. The minimum Gasteiger partial charge on any atom is -0.481 e. The zero-order chi connectivity index (χ0) is 42.5. The fourth-order valence-corrected chi connectivity index (χ4v) is 7.99. The predicted molar refractivity (Wildman–Crippen MR) is 208 cm³/mol. The van der Waals surface area contributed by atoms with Gasteiger partial charge in [0.1, 0.15) is 6.54 Å². The third-order valence-electron chi connectivity index (χ3n) is 9.34. The van der Waals surface area contributed by atoms with Crippen molar-refractivity contribution in [1.82, 2.24) is 0 Å². The number of unbranched alkanes of at least 4 members (excludes halogenated alkanes) is 2. The van der Waals surface area contributed by atoms with Crippen LogP contribution in [0.3, 0.4) is 0 Å². The molecule has 2 aromatic rings. The number of rotatable bonds is 16. The maximum absolute atomic E-state index is 11.9. The zero-order valence-corrected chi connectivity index (χ0v) is 34.6. The largest absolute Gasteiger partial charge is 0.481 e. The van der Waals surface area contributed by atoms with Gasteiger partial charge in [-0.25, -0.2) is 0 Å². The highest BCUT2D eigenvalue weighted by Gasteiger charge is 2.45. The number of allylic oxidation sites excluding steroid dienone is 6. The van der Waals surface area contributed by atoms with Gasteiger partial charge in [-0.05, 0) is 69.9 Å². The summed E-state index contributed by atoms with van der Waals surface area (Å²) in [6, 6.07) is 12.8. The van der Waals surface area contributed by atoms with Crippen LogP contribution >= 0.6 is 0 Å². The quantitative estimate of drug-likeness (QED) is 0.0887. The van der Waals surface area contributed by atoms with E-state index in [-0.39, 0.29) is 29.7 Å². The van der Waals surface area contributed by atoms with Crippen LogP contribution in [0.15, 0.2) is 83.4 Å². The van der Waals surface area contributed by atoms with Gasteiger partial charge in [-0.2, -0.15) is 21.4 Å². The van der Waals surface area contributed by atoms with Crippen molar-refractivity contribution in [3.8, 4) is 0 Å². The normalized spacial score (nSPS) is 18.0. The Morgan fingerprint density at radius 1 is 0.839 bits per heavy atom. The highest BCUT2D eigenvalue weighted by molar-refractivity contribution is 7.86. The fourth-order valence-electron chi connectivity index (χ4n) is 6.99. The van der Waals surface area contributed by atoms with Crippen LogP contribution in [0.2, 0.25) is 0 Å². The lowest BCUT2D eigenvalue weighted by atomic mass is 9.77. The number of carbonyl (C=O) groups is 1. The Morgan fingerprint density at radius 2 is 1.46 bits per heavy atom. The first-order valence-electron chi connectivity index (χ1n) is 17.4. The number of carboxylic acid groups (broad SMARTS) is 1. The molecule has 1 unspecified atom stereocenters. The van der Waals surface area contributed by atoms with E-state index in [0.29, 0.717) is 17.7 Å². The van der Waals surface area contributed by atoms with Gasteiger partial charge in [0.2, 0.25) is 5.69 Å². The van der Waals surface area contributed by atoms with Crippen LogP contribution in [0.1, 0.15) is 83.8 Å². The van der Waals surface area contributed by atoms with Crippen LogP contribution in [0.5, 0.6) is 0 Å². The Bertz CT molecular complexity index is 2290. The molecule has 308 valence electrons. The molecular weight excluding hydrogens is 813 g/mol. The van der Waals surface area contributed by atoms with Crippen LogP contribution in [0, 0.1) is 0 Å². The molecule has 0 aliphatic carbocycles. The molecule has 16 nitrogen and oxygen atoms in total. The predicted octanol–water partition coefficient (Wildman–Crippen LogP) is 4.80. The highest BCUT2D eigenvalue weighted by Crippen LogP contribution is 2.50. The molecule has 20 heteroatoms. The molecule has 2 aromatic carbocycles. The van der Waals surface area contributed by atoms with E-state index in [0.717, 1.165) is 37.9 Å². The van der Waals surface area contributed by atoms with Gasteiger partial charge in [0.15, 0.2) is 5.71 Å². The molecule has 2 aliphatic heterocycles. The summed E-state index contributed by atoms with van der Waals surface area (Å²) in [6.07, 6.45) is 14.4. The molecule has 0 spiro atoms. The van der Waals surface area contributed by atoms with Crippen molar-refractivity contribution in [2.75, 3.05) is 23.7 Å². The lowest BCUT2D eigenvalue weighted by Gasteiger charge is -2.30. The summed E-state index contributed by atoms with van der Waals surface area (Å²) in [5, 5.41) is 9.05. The topological polar surface area (TPSA) is 255 Å². The number of anilines is 1. The summed E-state index contributed by atoms with van der Waals surface area (Å²) in [6.45, 7) is 9.41. The van der Waals surface area contributed by atoms with E-state index in [4.69, 9.17) is 30.4 Å². The van der Waals surface area contributed by atoms with Gasteiger partial charge < -0.3 is 10.0 Å². The van der Waals surface area contributed by atoms with E-state index in [1.54, 1.807) is 6.07 Å². The summed E-state index contributed by atoms with van der Waals surface area (Å²) < 4.78 is 118. The third kappa shape index (κ3) is 13.7. The molecule has 4 rings (SSSR count). The minimum atomic E-state index is -4.43. The van der Waals surface area contributed by atoms with Crippen LogP contribution in [-0.4, -0.2) is 91.4 Å². The second-order valence-corrected chi connectivity index (χ2v) is 17.4. The Kier molecular flexibility index (Phi) is 17.7. The van der Waals surface area contributed by atoms with Crippen molar-refractivity contribution in [3.63, 3.8) is 0 Å². The van der Waals surface area contributed by atoms with E-state index < -0.39 is 58.6 Å². The summed E-state index contributed by atoms with van der Waals surface area (Å²) in [5.41, 5.74) is 4.89. The van der Waals surface area contributed by atoms with Crippen molar-refractivity contribution in [1.29, 1.82) is 0 Å². The molecule has 3 N–H and O–H groups in total. The molecule has 0 saturated carbocycles. The molecule has 56 heavy (non-hydrogen) atoms. The molecule has 0 aromatic heterocycles. The number of benzene rings is 2. The molecule has 0 fully saturated rings. The van der Waals surface area contributed by atoms with E-state index in [1.807, 2.05) is 42.7 Å². The molecule has 0 bridgehead atoms. The summed E-state index contributed by atoms with van der Waals surface area (Å²) >= 11 is 0. The standard InChI is InChI=1S/C36H46N2O8S2.2O3S/c1-5-23-37-30-16-12-11-15-28(30)36(4,22-13-7-10-19-34(39)40)33(37)18-9-6-8-17-32-35(2,3)29-26-27(48(44,45)46)20-21-31(29)38(32)24-14-25-47(41,42)43;2*1-4(2)3/h6,8-9,11-12,15-18,20-21,26H,5,7,10,13-14,19,22-25H2,1-4H3,(H2-,39,40,41,42,43,44,45,46);;/p+1. The number of carboxylic acids is 1. The highest BCUT2D eigenvalue weighted by atomic mass is 32.2. The molecule has 0 radical (unpaired) electrons. The average molecular weight is 860 g/mol. The molecule has 2 heterocycles. The zero-order valence-electron chi connectivity index (χ0n) is 31.4. The van der Waals surface area contributed by atoms with Crippen molar-refractivity contribution in [3.05, 3.63) is 89.7 Å². The van der Waals surface area contributed by atoms with Crippen LogP contribution in [0.4, 0.5) is 11.4 Å². The Labute approximate surface area is 330 Å². The second-order valence-electron chi connectivity index (χ2n) is 13.6. The minimum absolute atomic E-state index is 0.149. The summed E-state index contributed by atoms with van der Waals surface area (Å²) in [4.78, 5) is 13.2. The lowest BCUT2D eigenvalue weighted by molar-refractivity contribution is -0.437. The monoisotopic (exact) mass is 859 g/mol. The number of para-hydroxylation sites is 1. The molecule has 0 saturated heterocycles. The van der Waals surface area contributed by atoms with Gasteiger partial charge in [-0.1, -0.05) is 56.2 Å². The third-order valence-corrected chi connectivity index (χ3v) is 11.0. The van der Waals surface area contributed by atoms with Gasteiger partial charge in [0.25, 0.3) is 20.2 Å². The first-order chi connectivity index (χ1) is 26.0. The lowest BCUT2D eigenvalue weighted by Crippen LogP contribution is -2.29. The van der Waals surface area contributed by atoms with Crippen molar-refractivity contribution >= 4 is 64.5 Å². The second kappa shape index (κ2) is 20.7. The van der Waals surface area contributed by atoms with Crippen molar-refractivity contribution < 1.29 is 65.7 Å². The number of aliphatic carboxylic acids is 1. The maximum atomic E-state index is 11.9. The van der Waals surface area contributed by atoms with E-state index in [1.165, 1.54) is 29.1 Å². The fraction of sp³-hybridized carbons (Fsp3) is 0.444. The smallest absolute Gasteiger partial charge is 0.425 e. The first-order valence-corrected chi connectivity index (χ1v) is 22.4. The van der Waals surface area contributed by atoms with Gasteiger partial charge in [0.05, 0.1) is 16.1 Å². The Morgan fingerprint density at radius 3 is 2.04 bits per heavy atom. The summed E-state index contributed by atoms with van der Waals surface area (Å²) in [7, 11) is -14.8. The van der Waals surface area contributed by atoms with Gasteiger partial charge in [-0.3, -0.25) is 13.9 Å². The summed E-state index contributed by atoms with van der Waals surface area (Å²) in [5.74, 6) is -1.19. The van der Waals surface area contributed by atoms with Crippen LogP contribution in [-0.2, 0) is 57.1 Å². The molecular formula is C36H47N2O14S4+. The number of hydrogen-bond acceptors (Lipinski definition) is 12. The van der Waals surface area contributed by atoms with Crippen LogP contribution in [0.25, 0.3) is 0 Å². The van der Waals surface area contributed by atoms with Crippen LogP contribution < -0.4 is 4.90 Å². The molecule has 0 amide bonds. The van der Waals surface area contributed by atoms with E-state index in [9.17, 15) is 30.7 Å². The SMILES string of the molecule is CCCN1C(=CC=CC=CC2=[N+](CCCS(=O)(=O)O)c3ccc(S(=O)(=O)O)cc3C2(C)C)C(C)(CCCCCC(=O)O)c2ccccc21.O=S(=O)=O.O=S(=O)=O. The van der Waals surface area contributed by atoms with Gasteiger partial charge in [0, 0.05) is 53.9 Å². The van der Waals surface area contributed by atoms with E-state index in [2.05, 4.69) is 49.1 Å². The van der Waals surface area contributed by atoms with E-state index >= 15 is 0 Å². The number of nitrogens with zero attached hydrogens (tertiary/aromatic N) is 2. The van der Waals surface area contributed by atoms with Crippen molar-refractivity contribution in [2.45, 2.75) is 88.4 Å².